The van der Waals surface area contributed by atoms with Crippen molar-refractivity contribution in [2.24, 2.45) is 0 Å². The number of nitrogens with zero attached hydrogens (tertiary/aromatic N) is 4. The number of carbonyl (C=O) groups excluding carboxylic acids is 2. The number of imide groups is 1. The first-order valence-corrected chi connectivity index (χ1v) is 9.81. The molecule has 4 rings (SSSR count). The predicted octanol–water partition coefficient (Wildman–Crippen LogP) is 3.50. The Morgan fingerprint density at radius 1 is 1.07 bits per heavy atom. The molecule has 1 unspecified atom stereocenters. The van der Waals surface area contributed by atoms with Gasteiger partial charge in [-0.3, -0.25) is 24.0 Å². The van der Waals surface area contributed by atoms with Gasteiger partial charge in [-0.15, -0.1) is 0 Å². The molecule has 1 atom stereocenters. The Kier molecular flexibility index (Phi) is 5.14. The summed E-state index contributed by atoms with van der Waals surface area (Å²) in [7, 11) is 0. The van der Waals surface area contributed by atoms with Gasteiger partial charge in [-0.25, -0.2) is 4.98 Å². The van der Waals surface area contributed by atoms with Crippen molar-refractivity contribution in [1.82, 2.24) is 19.4 Å². The van der Waals surface area contributed by atoms with Crippen molar-refractivity contribution in [3.63, 3.8) is 0 Å². The Morgan fingerprint density at radius 3 is 2.36 bits per heavy atom. The first-order chi connectivity index (χ1) is 13.5. The van der Waals surface area contributed by atoms with Crippen LogP contribution in [0, 0.1) is 0 Å². The van der Waals surface area contributed by atoms with E-state index in [-0.39, 0.29) is 23.9 Å². The lowest BCUT2D eigenvalue weighted by Crippen LogP contribution is -2.51. The minimum Gasteiger partial charge on any atom is -0.294 e. The summed E-state index contributed by atoms with van der Waals surface area (Å²) < 4.78 is 28.5. The number of imidazole rings is 1. The maximum Gasteiger partial charge on any atom is 0.320 e. The number of likely N-dealkylation sites (tertiary alicyclic amines) is 2. The van der Waals surface area contributed by atoms with Crippen molar-refractivity contribution < 1.29 is 18.4 Å². The van der Waals surface area contributed by atoms with E-state index in [1.165, 1.54) is 4.90 Å². The highest BCUT2D eigenvalue weighted by Crippen LogP contribution is 2.32. The molecule has 1 aromatic carbocycles. The number of amides is 2. The van der Waals surface area contributed by atoms with E-state index < -0.39 is 6.55 Å². The second kappa shape index (κ2) is 7.58. The summed E-state index contributed by atoms with van der Waals surface area (Å²) in [5.74, 6) is 0.184. The summed E-state index contributed by atoms with van der Waals surface area (Å²) in [6, 6.07) is 6.55. The monoisotopic (exact) mass is 390 g/mol. The van der Waals surface area contributed by atoms with Crippen LogP contribution in [-0.4, -0.2) is 50.3 Å². The molecule has 2 saturated heterocycles. The fraction of sp³-hybridized carbons (Fsp3) is 0.550. The third-order valence-electron chi connectivity index (χ3n) is 5.92. The number of alkyl halides is 2. The van der Waals surface area contributed by atoms with E-state index in [9.17, 15) is 18.4 Å². The molecule has 2 aliphatic heterocycles. The van der Waals surface area contributed by atoms with Gasteiger partial charge in [0.2, 0.25) is 11.8 Å². The SMILES string of the molecule is CC(c1nc2ccccc2n1C(F)F)N1CCC(N2C(=O)CCCC2=O)CC1. The number of carbonyl (C=O) groups is 2. The maximum atomic E-state index is 13.7. The highest BCUT2D eigenvalue weighted by molar-refractivity contribution is 5.97. The van der Waals surface area contributed by atoms with Gasteiger partial charge in [0.15, 0.2) is 0 Å². The van der Waals surface area contributed by atoms with Crippen molar-refractivity contribution in [3.8, 4) is 0 Å². The summed E-state index contributed by atoms with van der Waals surface area (Å²) in [5.41, 5.74) is 0.989. The molecule has 0 N–H and O–H groups in total. The van der Waals surface area contributed by atoms with Crippen molar-refractivity contribution in [2.75, 3.05) is 13.1 Å². The Hall–Kier alpha value is -2.35. The molecule has 8 heteroatoms. The van der Waals surface area contributed by atoms with Crippen LogP contribution in [0.3, 0.4) is 0 Å². The molecular weight excluding hydrogens is 366 g/mol. The topological polar surface area (TPSA) is 58.4 Å². The lowest BCUT2D eigenvalue weighted by Gasteiger charge is -2.40. The van der Waals surface area contributed by atoms with E-state index in [2.05, 4.69) is 9.88 Å². The summed E-state index contributed by atoms with van der Waals surface area (Å²) in [6.07, 6.45) is 2.82. The van der Waals surface area contributed by atoms with Crippen LogP contribution in [0.5, 0.6) is 0 Å². The van der Waals surface area contributed by atoms with Crippen LogP contribution >= 0.6 is 0 Å². The van der Waals surface area contributed by atoms with E-state index in [4.69, 9.17) is 0 Å². The van der Waals surface area contributed by atoms with Gasteiger partial charge in [0.05, 0.1) is 17.1 Å². The highest BCUT2D eigenvalue weighted by atomic mass is 19.3. The van der Waals surface area contributed by atoms with E-state index >= 15 is 0 Å². The molecule has 150 valence electrons. The highest BCUT2D eigenvalue weighted by Gasteiger charge is 2.36. The van der Waals surface area contributed by atoms with Crippen LogP contribution < -0.4 is 0 Å². The molecule has 2 amide bonds. The number of hydrogen-bond acceptors (Lipinski definition) is 4. The number of halogens is 2. The summed E-state index contributed by atoms with van der Waals surface area (Å²) in [5, 5.41) is 0. The zero-order valence-corrected chi connectivity index (χ0v) is 15.9. The number of fused-ring (bicyclic) bond motifs is 1. The van der Waals surface area contributed by atoms with Crippen LogP contribution in [0.25, 0.3) is 11.0 Å². The van der Waals surface area contributed by atoms with Gasteiger partial charge in [-0.05, 0) is 38.3 Å². The van der Waals surface area contributed by atoms with Crippen LogP contribution in [0.4, 0.5) is 8.78 Å². The summed E-state index contributed by atoms with van der Waals surface area (Å²) >= 11 is 0. The average molecular weight is 390 g/mol. The van der Waals surface area contributed by atoms with Crippen molar-refractivity contribution in [2.45, 2.75) is 57.7 Å². The molecule has 2 fully saturated rings. The van der Waals surface area contributed by atoms with Gasteiger partial charge in [0.1, 0.15) is 5.82 Å². The molecule has 0 spiro atoms. The Labute approximate surface area is 162 Å². The number of aromatic nitrogens is 2. The molecular formula is C20H24F2N4O2. The molecule has 0 aliphatic carbocycles. The normalized spacial score (nSPS) is 21.1. The van der Waals surface area contributed by atoms with Gasteiger partial charge in [-0.1, -0.05) is 12.1 Å². The van der Waals surface area contributed by atoms with Crippen molar-refractivity contribution in [3.05, 3.63) is 30.1 Å². The van der Waals surface area contributed by atoms with Crippen molar-refractivity contribution in [1.29, 1.82) is 0 Å². The molecule has 2 aliphatic rings. The zero-order chi connectivity index (χ0) is 19.8. The molecule has 0 saturated carbocycles. The number of piperidine rings is 2. The maximum absolute atomic E-state index is 13.7. The fourth-order valence-electron chi connectivity index (χ4n) is 4.44. The smallest absolute Gasteiger partial charge is 0.294 e. The summed E-state index contributed by atoms with van der Waals surface area (Å²) in [6.45, 7) is 0.494. The molecule has 6 nitrogen and oxygen atoms in total. The van der Waals surface area contributed by atoms with Crippen molar-refractivity contribution >= 4 is 22.8 Å². The standard InChI is InChI=1S/C20H24F2N4O2/c1-13(19-23-15-5-2-3-6-16(15)26(19)20(21)22)24-11-9-14(10-12-24)25-17(27)7-4-8-18(25)28/h2-3,5-6,13-14,20H,4,7-12H2,1H3. The summed E-state index contributed by atoms with van der Waals surface area (Å²) in [4.78, 5) is 32.3. The van der Waals surface area contributed by atoms with Gasteiger partial charge in [0, 0.05) is 32.0 Å². The van der Waals surface area contributed by atoms with E-state index in [0.29, 0.717) is 62.1 Å². The predicted molar refractivity (Wildman–Crippen MR) is 99.7 cm³/mol. The molecule has 3 heterocycles. The zero-order valence-electron chi connectivity index (χ0n) is 15.9. The molecule has 1 aromatic heterocycles. The Morgan fingerprint density at radius 2 is 1.71 bits per heavy atom. The number of benzene rings is 1. The first-order valence-electron chi connectivity index (χ1n) is 9.81. The Balaban J connectivity index is 1.51. The van der Waals surface area contributed by atoms with Gasteiger partial charge >= 0.3 is 6.55 Å². The average Bonchev–Trinajstić information content (AvgIpc) is 3.07. The van der Waals surface area contributed by atoms with E-state index in [1.807, 2.05) is 6.92 Å². The quantitative estimate of drug-likeness (QED) is 0.750. The molecule has 0 bridgehead atoms. The van der Waals surface area contributed by atoms with Crippen LogP contribution in [0.15, 0.2) is 24.3 Å². The molecule has 28 heavy (non-hydrogen) atoms. The third kappa shape index (κ3) is 3.30. The molecule has 2 aromatic rings. The largest absolute Gasteiger partial charge is 0.320 e. The number of hydrogen-bond donors (Lipinski definition) is 0. The first kappa shape index (κ1) is 19.0. The lowest BCUT2D eigenvalue weighted by molar-refractivity contribution is -0.152. The minimum absolute atomic E-state index is 0.0813. The van der Waals surface area contributed by atoms with Gasteiger partial charge < -0.3 is 0 Å². The second-order valence-electron chi connectivity index (χ2n) is 7.56. The van der Waals surface area contributed by atoms with Crippen LogP contribution in [0.1, 0.15) is 57.4 Å². The lowest BCUT2D eigenvalue weighted by atomic mass is 9.98. The van der Waals surface area contributed by atoms with Crippen LogP contribution in [-0.2, 0) is 9.59 Å². The van der Waals surface area contributed by atoms with E-state index in [1.54, 1.807) is 24.3 Å². The van der Waals surface area contributed by atoms with Crippen LogP contribution in [0.2, 0.25) is 0 Å². The minimum atomic E-state index is -2.66. The fourth-order valence-corrected chi connectivity index (χ4v) is 4.44. The molecule has 0 radical (unpaired) electrons. The second-order valence-corrected chi connectivity index (χ2v) is 7.56. The van der Waals surface area contributed by atoms with Gasteiger partial charge in [0.25, 0.3) is 0 Å². The van der Waals surface area contributed by atoms with E-state index in [0.717, 1.165) is 4.57 Å². The number of rotatable bonds is 4. The Bertz CT molecular complexity index is 873. The third-order valence-corrected chi connectivity index (χ3v) is 5.92. The van der Waals surface area contributed by atoms with Gasteiger partial charge in [-0.2, -0.15) is 8.78 Å². The number of para-hydroxylation sites is 2.